The molecule has 8 heteroatoms. The first-order valence-electron chi connectivity index (χ1n) is 26.8. The normalized spacial score (nSPS) is 11.2. The SMILES string of the molecule is c1ccc(N(c2cc(-c3cc(N(c4ccccc4)c4ccnc5ccccc45)cc(N(c4ccccc4)c4ccnc5ccccc45)c3)cc(N(c3ccccc3)c3ccnc4ccccc34)c2)c2ccnc3ccccc23)cc1. The molecule has 378 valence electrons. The van der Waals surface area contributed by atoms with Crippen molar-refractivity contribution < 1.29 is 0 Å². The number of benzene rings is 10. The summed E-state index contributed by atoms with van der Waals surface area (Å²) in [6.45, 7) is 0. The lowest BCUT2D eigenvalue weighted by Crippen LogP contribution is -2.15. The third-order valence-corrected chi connectivity index (χ3v) is 14.7. The number of hydrogen-bond donors (Lipinski definition) is 0. The predicted octanol–water partition coefficient (Wildman–Crippen LogP) is 19.4. The zero-order chi connectivity index (χ0) is 53.2. The molecule has 0 bridgehead atoms. The van der Waals surface area contributed by atoms with Crippen molar-refractivity contribution in [2.75, 3.05) is 19.6 Å². The van der Waals surface area contributed by atoms with E-state index in [2.05, 4.69) is 274 Å². The van der Waals surface area contributed by atoms with Gasteiger partial charge in [-0.15, -0.1) is 0 Å². The van der Waals surface area contributed by atoms with E-state index in [9.17, 15) is 0 Å². The van der Waals surface area contributed by atoms with Gasteiger partial charge in [-0.2, -0.15) is 0 Å². The van der Waals surface area contributed by atoms with Crippen molar-refractivity contribution in [3.63, 3.8) is 0 Å². The van der Waals surface area contributed by atoms with E-state index in [0.717, 1.165) is 123 Å². The van der Waals surface area contributed by atoms with E-state index in [0.29, 0.717) is 0 Å². The zero-order valence-electron chi connectivity index (χ0n) is 43.4. The molecule has 0 saturated carbocycles. The number of fused-ring (bicyclic) bond motifs is 4. The van der Waals surface area contributed by atoms with Crippen molar-refractivity contribution in [2.45, 2.75) is 0 Å². The van der Waals surface area contributed by atoms with Crippen LogP contribution < -0.4 is 19.6 Å². The Balaban J connectivity index is 1.11. The Kier molecular flexibility index (Phi) is 12.4. The fourth-order valence-electron chi connectivity index (χ4n) is 11.2. The van der Waals surface area contributed by atoms with Gasteiger partial charge in [0.1, 0.15) is 0 Å². The summed E-state index contributed by atoms with van der Waals surface area (Å²) in [7, 11) is 0. The maximum Gasteiger partial charge on any atom is 0.0723 e. The lowest BCUT2D eigenvalue weighted by atomic mass is 9.98. The molecule has 0 spiro atoms. The molecule has 0 amide bonds. The van der Waals surface area contributed by atoms with Crippen molar-refractivity contribution in [3.05, 3.63) is 304 Å². The number of aromatic nitrogens is 4. The highest BCUT2D eigenvalue weighted by Crippen LogP contribution is 2.49. The third kappa shape index (κ3) is 8.92. The Labute approximate surface area is 464 Å². The fourth-order valence-corrected chi connectivity index (χ4v) is 11.2. The molecule has 4 heterocycles. The quantitative estimate of drug-likeness (QED) is 0.113. The summed E-state index contributed by atoms with van der Waals surface area (Å²) < 4.78 is 0. The van der Waals surface area contributed by atoms with Gasteiger partial charge < -0.3 is 19.6 Å². The molecule has 0 unspecified atom stereocenters. The minimum atomic E-state index is 0.906. The lowest BCUT2D eigenvalue weighted by Gasteiger charge is -2.32. The highest BCUT2D eigenvalue weighted by Gasteiger charge is 2.26. The van der Waals surface area contributed by atoms with Gasteiger partial charge in [-0.3, -0.25) is 19.9 Å². The molecule has 80 heavy (non-hydrogen) atoms. The van der Waals surface area contributed by atoms with E-state index < -0.39 is 0 Å². The number of para-hydroxylation sites is 8. The molecule has 0 aliphatic carbocycles. The molecule has 8 nitrogen and oxygen atoms in total. The van der Waals surface area contributed by atoms with Crippen LogP contribution in [0.1, 0.15) is 0 Å². The number of nitrogens with zero attached hydrogens (tertiary/aromatic N) is 8. The first-order valence-corrected chi connectivity index (χ1v) is 26.8. The van der Waals surface area contributed by atoms with Crippen LogP contribution in [0.4, 0.5) is 68.2 Å². The van der Waals surface area contributed by atoms with E-state index >= 15 is 0 Å². The molecule has 0 saturated heterocycles. The molecule has 0 atom stereocenters. The highest BCUT2D eigenvalue weighted by atomic mass is 15.2. The van der Waals surface area contributed by atoms with Gasteiger partial charge in [0.25, 0.3) is 0 Å². The largest absolute Gasteiger partial charge is 0.310 e. The molecule has 0 aliphatic heterocycles. The molecule has 0 fully saturated rings. The van der Waals surface area contributed by atoms with Crippen LogP contribution in [0.3, 0.4) is 0 Å². The van der Waals surface area contributed by atoms with Crippen molar-refractivity contribution in [2.24, 2.45) is 0 Å². The first-order chi connectivity index (χ1) is 39.7. The smallest absolute Gasteiger partial charge is 0.0723 e. The summed E-state index contributed by atoms with van der Waals surface area (Å²) in [5.74, 6) is 0. The van der Waals surface area contributed by atoms with Crippen LogP contribution >= 0.6 is 0 Å². The molecule has 0 aliphatic rings. The van der Waals surface area contributed by atoms with E-state index in [1.165, 1.54) is 0 Å². The number of hydrogen-bond acceptors (Lipinski definition) is 8. The second-order valence-electron chi connectivity index (χ2n) is 19.5. The minimum absolute atomic E-state index is 0.906. The van der Waals surface area contributed by atoms with E-state index in [1.807, 2.05) is 49.1 Å². The summed E-state index contributed by atoms with van der Waals surface area (Å²) in [4.78, 5) is 28.9. The van der Waals surface area contributed by atoms with Gasteiger partial charge in [-0.25, -0.2) is 0 Å². The van der Waals surface area contributed by atoms with Crippen molar-refractivity contribution in [1.29, 1.82) is 0 Å². The average Bonchev–Trinajstić information content (AvgIpc) is 3.66. The Morgan fingerprint density at radius 3 is 0.637 bits per heavy atom. The van der Waals surface area contributed by atoms with E-state index in [-0.39, 0.29) is 0 Å². The Bertz CT molecular complexity index is 3930. The van der Waals surface area contributed by atoms with Crippen molar-refractivity contribution in [1.82, 2.24) is 19.9 Å². The van der Waals surface area contributed by atoms with Crippen LogP contribution in [0.2, 0.25) is 0 Å². The summed E-state index contributed by atoms with van der Waals surface area (Å²) in [6.07, 6.45) is 7.65. The molecule has 10 aromatic carbocycles. The summed E-state index contributed by atoms with van der Waals surface area (Å²) in [5, 5.41) is 4.12. The molecule has 0 N–H and O–H groups in total. The second kappa shape index (κ2) is 20.9. The van der Waals surface area contributed by atoms with Gasteiger partial charge in [0, 0.05) is 91.8 Å². The van der Waals surface area contributed by atoms with Crippen LogP contribution in [0.15, 0.2) is 304 Å². The zero-order valence-corrected chi connectivity index (χ0v) is 43.4. The lowest BCUT2D eigenvalue weighted by molar-refractivity contribution is 1.24. The Hall–Kier alpha value is -11.0. The van der Waals surface area contributed by atoms with Crippen LogP contribution in [0, 0.1) is 0 Å². The van der Waals surface area contributed by atoms with Crippen molar-refractivity contribution >= 4 is 112 Å². The first kappa shape index (κ1) is 47.5. The molecule has 14 aromatic rings. The highest BCUT2D eigenvalue weighted by molar-refractivity contribution is 6.03. The van der Waals surface area contributed by atoms with E-state index in [4.69, 9.17) is 19.9 Å². The van der Waals surface area contributed by atoms with Gasteiger partial charge in [0.05, 0.1) is 44.8 Å². The topological polar surface area (TPSA) is 64.5 Å². The summed E-state index contributed by atoms with van der Waals surface area (Å²) in [6, 6.07) is 98.6. The second-order valence-corrected chi connectivity index (χ2v) is 19.5. The molecular formula is C72H50N8. The van der Waals surface area contributed by atoms with Crippen molar-refractivity contribution in [3.8, 4) is 11.1 Å². The van der Waals surface area contributed by atoms with Gasteiger partial charge in [0.2, 0.25) is 0 Å². The predicted molar refractivity (Wildman–Crippen MR) is 332 cm³/mol. The summed E-state index contributed by atoms with van der Waals surface area (Å²) >= 11 is 0. The maximum absolute atomic E-state index is 4.86. The van der Waals surface area contributed by atoms with Gasteiger partial charge >= 0.3 is 0 Å². The standard InChI is InChI=1S/C72H50N8/c1-5-21-53(22-6-1)77(69-37-41-73-65-33-17-13-29-61(65)69)57-45-51(46-58(49-57)78(54-23-7-2-8-24-54)70-38-42-74-66-34-18-14-30-62(66)70)52-47-59(79(55-25-9-3-10-26-55)71-39-43-75-67-35-19-15-31-63(67)71)50-60(48-52)80(56-27-11-4-12-28-56)72-40-44-76-68-36-20-16-32-64(68)72/h1-50H. The van der Waals surface area contributed by atoms with Gasteiger partial charge in [-0.1, -0.05) is 146 Å². The number of anilines is 12. The molecule has 14 rings (SSSR count). The average molecular weight is 1030 g/mol. The Morgan fingerprint density at radius 1 is 0.188 bits per heavy atom. The summed E-state index contributed by atoms with van der Waals surface area (Å²) in [5.41, 5.74) is 17.4. The van der Waals surface area contributed by atoms with Crippen LogP contribution in [0.25, 0.3) is 54.7 Å². The van der Waals surface area contributed by atoms with Gasteiger partial charge in [0.15, 0.2) is 0 Å². The Morgan fingerprint density at radius 2 is 0.400 bits per heavy atom. The molecular weight excluding hydrogens is 977 g/mol. The third-order valence-electron chi connectivity index (χ3n) is 14.7. The van der Waals surface area contributed by atoms with Crippen LogP contribution in [-0.4, -0.2) is 19.9 Å². The number of rotatable bonds is 13. The fraction of sp³-hybridized carbons (Fsp3) is 0. The molecule has 4 aromatic heterocycles. The monoisotopic (exact) mass is 1030 g/mol. The van der Waals surface area contributed by atoms with Crippen LogP contribution in [-0.2, 0) is 0 Å². The van der Waals surface area contributed by atoms with Gasteiger partial charge in [-0.05, 0) is 145 Å². The number of pyridine rings is 4. The minimum Gasteiger partial charge on any atom is -0.310 e. The molecule has 0 radical (unpaired) electrons. The van der Waals surface area contributed by atoms with Crippen LogP contribution in [0.5, 0.6) is 0 Å². The van der Waals surface area contributed by atoms with E-state index in [1.54, 1.807) is 0 Å². The maximum atomic E-state index is 4.86.